The molecule has 0 saturated heterocycles. The lowest BCUT2D eigenvalue weighted by molar-refractivity contribution is -0.120. The van der Waals surface area contributed by atoms with Crippen LogP contribution in [0.1, 0.15) is 55.7 Å². The predicted octanol–water partition coefficient (Wildman–Crippen LogP) is 4.04. The maximum atomic E-state index is 12.4. The fraction of sp³-hybridized carbons (Fsp3) is 0.391. The Balaban J connectivity index is 1.41. The highest BCUT2D eigenvalue weighted by atomic mass is 32.2. The Morgan fingerprint density at radius 3 is 2.97 bits per heavy atom. The molecule has 31 heavy (non-hydrogen) atoms. The van der Waals surface area contributed by atoms with Crippen molar-refractivity contribution in [3.05, 3.63) is 52.5 Å². The number of allylic oxidation sites excluding steroid dienone is 2. The van der Waals surface area contributed by atoms with Gasteiger partial charge in [0.1, 0.15) is 6.33 Å². The standard InChI is InChI=1S/C23H24N6OS/c24-21(30)23-29(18-5-1-2-7-19(18)31-23)17-6-3-4-13-10-14(8-9-15(13)17)20-16-11-27-28-22(16)26-12-25-20/h8-12,17,23H,1-7H2,(H2,24,30)(H,25,26,27,28). The average Bonchev–Trinajstić information content (AvgIpc) is 3.43. The van der Waals surface area contributed by atoms with E-state index in [0.717, 1.165) is 54.4 Å². The zero-order valence-corrected chi connectivity index (χ0v) is 18.0. The zero-order valence-electron chi connectivity index (χ0n) is 17.2. The van der Waals surface area contributed by atoms with Crippen LogP contribution in [0.25, 0.3) is 22.3 Å². The zero-order chi connectivity index (χ0) is 20.9. The van der Waals surface area contributed by atoms with Crippen molar-refractivity contribution in [2.75, 3.05) is 0 Å². The number of amides is 1. The lowest BCUT2D eigenvalue weighted by atomic mass is 9.84. The van der Waals surface area contributed by atoms with E-state index >= 15 is 0 Å². The molecule has 6 rings (SSSR count). The summed E-state index contributed by atoms with van der Waals surface area (Å²) in [5.74, 6) is -0.230. The maximum absolute atomic E-state index is 12.4. The summed E-state index contributed by atoms with van der Waals surface area (Å²) >= 11 is 1.69. The van der Waals surface area contributed by atoms with Gasteiger partial charge in [-0.15, -0.1) is 0 Å². The molecule has 0 spiro atoms. The van der Waals surface area contributed by atoms with E-state index in [9.17, 15) is 4.79 Å². The Labute approximate surface area is 184 Å². The highest BCUT2D eigenvalue weighted by Crippen LogP contribution is 2.51. The molecule has 1 aliphatic heterocycles. The Kier molecular flexibility index (Phi) is 4.49. The summed E-state index contributed by atoms with van der Waals surface area (Å²) in [5, 5.41) is 7.68. The van der Waals surface area contributed by atoms with E-state index in [4.69, 9.17) is 5.73 Å². The molecule has 3 heterocycles. The first-order chi connectivity index (χ1) is 15.2. The predicted molar refractivity (Wildman–Crippen MR) is 121 cm³/mol. The maximum Gasteiger partial charge on any atom is 0.251 e. The normalized spacial score (nSPS) is 23.2. The van der Waals surface area contributed by atoms with Gasteiger partial charge >= 0.3 is 0 Å². The van der Waals surface area contributed by atoms with E-state index in [0.29, 0.717) is 0 Å². The molecule has 2 aliphatic carbocycles. The lowest BCUT2D eigenvalue weighted by Crippen LogP contribution is -2.42. The van der Waals surface area contributed by atoms with Crippen molar-refractivity contribution >= 4 is 28.7 Å². The number of nitrogens with zero attached hydrogens (tertiary/aromatic N) is 4. The number of carbonyl (C=O) groups is 1. The van der Waals surface area contributed by atoms with E-state index in [2.05, 4.69) is 43.3 Å². The summed E-state index contributed by atoms with van der Waals surface area (Å²) in [4.78, 5) is 24.9. The number of fused-ring (bicyclic) bond motifs is 2. The number of thioether (sulfide) groups is 1. The number of hydrogen-bond donors (Lipinski definition) is 2. The van der Waals surface area contributed by atoms with Crippen molar-refractivity contribution in [2.24, 2.45) is 5.73 Å². The summed E-state index contributed by atoms with van der Waals surface area (Å²) in [5.41, 5.74) is 12.6. The minimum Gasteiger partial charge on any atom is -0.367 e. The van der Waals surface area contributed by atoms with Crippen LogP contribution in [0.15, 0.2) is 41.3 Å². The van der Waals surface area contributed by atoms with Crippen molar-refractivity contribution < 1.29 is 4.79 Å². The van der Waals surface area contributed by atoms with E-state index in [1.807, 2.05) is 0 Å². The lowest BCUT2D eigenvalue weighted by Gasteiger charge is -2.39. The van der Waals surface area contributed by atoms with Crippen molar-refractivity contribution in [3.8, 4) is 11.3 Å². The molecule has 3 aliphatic rings. The van der Waals surface area contributed by atoms with Crippen LogP contribution in [0.3, 0.4) is 0 Å². The van der Waals surface area contributed by atoms with Crippen molar-refractivity contribution in [2.45, 2.75) is 56.4 Å². The summed E-state index contributed by atoms with van der Waals surface area (Å²) in [6.07, 6.45) is 11.1. The van der Waals surface area contributed by atoms with Gasteiger partial charge in [0.2, 0.25) is 0 Å². The minimum absolute atomic E-state index is 0.202. The van der Waals surface area contributed by atoms with E-state index < -0.39 is 0 Å². The number of aryl methyl sites for hydroxylation is 1. The molecule has 1 aromatic carbocycles. The quantitative estimate of drug-likeness (QED) is 0.648. The second-order valence-electron chi connectivity index (χ2n) is 8.53. The van der Waals surface area contributed by atoms with Gasteiger partial charge in [0.15, 0.2) is 11.0 Å². The van der Waals surface area contributed by atoms with Crippen LogP contribution in [-0.4, -0.2) is 36.3 Å². The number of benzene rings is 1. The number of nitrogens with one attached hydrogen (secondary N) is 1. The van der Waals surface area contributed by atoms with Gasteiger partial charge in [-0.3, -0.25) is 9.89 Å². The summed E-state index contributed by atoms with van der Waals surface area (Å²) < 4.78 is 0. The van der Waals surface area contributed by atoms with Gasteiger partial charge in [0, 0.05) is 16.2 Å². The second kappa shape index (κ2) is 7.37. The van der Waals surface area contributed by atoms with E-state index in [1.54, 1.807) is 24.3 Å². The number of primary amides is 1. The second-order valence-corrected chi connectivity index (χ2v) is 9.71. The molecule has 158 valence electrons. The van der Waals surface area contributed by atoms with Crippen LogP contribution < -0.4 is 5.73 Å². The van der Waals surface area contributed by atoms with Crippen LogP contribution >= 0.6 is 11.8 Å². The van der Waals surface area contributed by atoms with Gasteiger partial charge in [-0.05, 0) is 62.1 Å². The third-order valence-electron chi connectivity index (χ3n) is 6.73. The van der Waals surface area contributed by atoms with Crippen molar-refractivity contribution in [1.29, 1.82) is 0 Å². The van der Waals surface area contributed by atoms with Crippen LogP contribution in [0.5, 0.6) is 0 Å². The molecule has 7 nitrogen and oxygen atoms in total. The third-order valence-corrected chi connectivity index (χ3v) is 8.14. The molecule has 0 radical (unpaired) electrons. The average molecular weight is 433 g/mol. The number of nitrogens with two attached hydrogens (primary N) is 1. The highest BCUT2D eigenvalue weighted by Gasteiger charge is 2.42. The summed E-state index contributed by atoms with van der Waals surface area (Å²) in [6.45, 7) is 0. The van der Waals surface area contributed by atoms with Crippen LogP contribution in [-0.2, 0) is 11.2 Å². The van der Waals surface area contributed by atoms with Crippen LogP contribution in [0.4, 0.5) is 0 Å². The SMILES string of the molecule is NC(=O)C1SC2=C(CCCC2)N1C1CCCc2cc(-c3ncnc4[nH]ncc34)ccc21. The fourth-order valence-electron chi connectivity index (χ4n) is 5.36. The summed E-state index contributed by atoms with van der Waals surface area (Å²) in [7, 11) is 0. The Hall–Kier alpha value is -2.87. The smallest absolute Gasteiger partial charge is 0.251 e. The summed E-state index contributed by atoms with van der Waals surface area (Å²) in [6, 6.07) is 6.83. The molecular weight excluding hydrogens is 408 g/mol. The molecule has 2 aromatic heterocycles. The fourth-order valence-corrected chi connectivity index (χ4v) is 6.74. The van der Waals surface area contributed by atoms with Crippen LogP contribution in [0, 0.1) is 0 Å². The Morgan fingerprint density at radius 2 is 2.06 bits per heavy atom. The van der Waals surface area contributed by atoms with Gasteiger partial charge in [-0.1, -0.05) is 23.9 Å². The first-order valence-electron chi connectivity index (χ1n) is 10.9. The molecule has 3 aromatic rings. The molecule has 0 fully saturated rings. The third kappa shape index (κ3) is 3.04. The first kappa shape index (κ1) is 18.9. The largest absolute Gasteiger partial charge is 0.367 e. The minimum atomic E-state index is -0.286. The molecule has 0 bridgehead atoms. The molecule has 3 N–H and O–H groups in total. The topological polar surface area (TPSA) is 101 Å². The number of rotatable bonds is 3. The molecule has 0 saturated carbocycles. The Bertz CT molecular complexity index is 1220. The number of H-pyrrole nitrogens is 1. The highest BCUT2D eigenvalue weighted by molar-refractivity contribution is 8.04. The number of hydrogen-bond acceptors (Lipinski definition) is 6. The monoisotopic (exact) mass is 432 g/mol. The molecule has 8 heteroatoms. The van der Waals surface area contributed by atoms with E-state index in [-0.39, 0.29) is 17.3 Å². The number of aromatic amines is 1. The first-order valence-corrected chi connectivity index (χ1v) is 11.8. The van der Waals surface area contributed by atoms with Gasteiger partial charge in [0.05, 0.1) is 23.3 Å². The molecule has 2 unspecified atom stereocenters. The molecule has 2 atom stereocenters. The van der Waals surface area contributed by atoms with Gasteiger partial charge in [0.25, 0.3) is 5.91 Å². The molecular formula is C23H24N6OS. The van der Waals surface area contributed by atoms with Crippen molar-refractivity contribution in [3.63, 3.8) is 0 Å². The van der Waals surface area contributed by atoms with Crippen molar-refractivity contribution in [1.82, 2.24) is 25.1 Å². The Morgan fingerprint density at radius 1 is 1.16 bits per heavy atom. The number of aromatic nitrogens is 4. The van der Waals surface area contributed by atoms with Crippen LogP contribution in [0.2, 0.25) is 0 Å². The van der Waals surface area contributed by atoms with Gasteiger partial charge in [-0.2, -0.15) is 5.10 Å². The van der Waals surface area contributed by atoms with Gasteiger partial charge < -0.3 is 10.6 Å². The number of carbonyl (C=O) groups excluding carboxylic acids is 1. The molecule has 1 amide bonds. The van der Waals surface area contributed by atoms with Gasteiger partial charge in [-0.25, -0.2) is 9.97 Å². The van der Waals surface area contributed by atoms with E-state index in [1.165, 1.54) is 34.6 Å².